The third-order valence-electron chi connectivity index (χ3n) is 10.1. The van der Waals surface area contributed by atoms with Crippen molar-refractivity contribution in [3.63, 3.8) is 0 Å². The molecule has 1 unspecified atom stereocenters. The number of rotatable bonds is 14. The largest absolute Gasteiger partial charge is 0.478 e. The number of dihydropyridines is 1. The van der Waals surface area contributed by atoms with Gasteiger partial charge in [0.25, 0.3) is 0 Å². The molecule has 0 radical (unpaired) electrons. The van der Waals surface area contributed by atoms with Gasteiger partial charge in [-0.2, -0.15) is 0 Å². The lowest BCUT2D eigenvalue weighted by molar-refractivity contribution is -0.133. The van der Waals surface area contributed by atoms with Crippen LogP contribution in [0.1, 0.15) is 68.9 Å². The maximum atomic E-state index is 13.9. The Hall–Kier alpha value is -2.96. The predicted molar refractivity (Wildman–Crippen MR) is 188 cm³/mol. The molecule has 1 saturated heterocycles. The van der Waals surface area contributed by atoms with Crippen molar-refractivity contribution in [3.05, 3.63) is 72.9 Å². The number of aromatic nitrogens is 1. The number of carboxylic acids is 2. The maximum Gasteiger partial charge on any atom is 0.334 e. The second-order valence-corrected chi connectivity index (χ2v) is 14.8. The number of hydrogen-bond acceptors (Lipinski definition) is 8. The van der Waals surface area contributed by atoms with Crippen molar-refractivity contribution in [2.24, 2.45) is 5.41 Å². The van der Waals surface area contributed by atoms with Crippen LogP contribution >= 0.6 is 34.5 Å². The van der Waals surface area contributed by atoms with Crippen LogP contribution in [-0.2, 0) is 20.8 Å². The molecule has 260 valence electrons. The summed E-state index contributed by atoms with van der Waals surface area (Å²) in [6.07, 6.45) is 7.11. The summed E-state index contributed by atoms with van der Waals surface area (Å²) in [5, 5.41) is 27.1. The third-order valence-corrected chi connectivity index (χ3v) is 11.6. The number of carboxylic acid groups (broad SMARTS) is 2. The highest BCUT2D eigenvalue weighted by Crippen LogP contribution is 2.45. The van der Waals surface area contributed by atoms with Gasteiger partial charge in [-0.25, -0.2) is 14.6 Å². The Bertz CT molecular complexity index is 1520. The molecule has 2 fully saturated rings. The molecular weight excluding hydrogens is 673 g/mol. The van der Waals surface area contributed by atoms with Gasteiger partial charge in [0, 0.05) is 84.3 Å². The van der Waals surface area contributed by atoms with E-state index in [0.717, 1.165) is 44.3 Å². The predicted octanol–water partition coefficient (Wildman–Crippen LogP) is 5.88. The lowest BCUT2D eigenvalue weighted by Gasteiger charge is -2.42. The first-order chi connectivity index (χ1) is 23.1. The molecule has 1 amide bonds. The van der Waals surface area contributed by atoms with Crippen LogP contribution in [0.25, 0.3) is 0 Å². The lowest BCUT2D eigenvalue weighted by atomic mass is 9.79. The number of allylic oxidation sites excluding steroid dienone is 1. The number of nitrogens with zero attached hydrogens (tertiary/aromatic N) is 4. The number of carbonyl (C=O) groups is 3. The van der Waals surface area contributed by atoms with Gasteiger partial charge < -0.3 is 25.3 Å². The molecule has 2 aromatic rings. The Balaban J connectivity index is 1.38. The number of aliphatic carboxylic acids is 2. The highest BCUT2D eigenvalue weighted by atomic mass is 35.5. The fourth-order valence-corrected chi connectivity index (χ4v) is 8.88. The van der Waals surface area contributed by atoms with E-state index >= 15 is 0 Å². The summed E-state index contributed by atoms with van der Waals surface area (Å²) in [7, 11) is 0. The topological polar surface area (TPSA) is 126 Å². The number of nitrogens with one attached hydrogen (secondary N) is 1. The molecule has 1 aliphatic carbocycles. The average Bonchev–Trinajstić information content (AvgIpc) is 3.75. The van der Waals surface area contributed by atoms with E-state index < -0.39 is 17.9 Å². The first-order valence-electron chi connectivity index (χ1n) is 16.8. The highest BCUT2D eigenvalue weighted by Gasteiger charge is 2.42. The van der Waals surface area contributed by atoms with Gasteiger partial charge in [0.1, 0.15) is 0 Å². The summed E-state index contributed by atoms with van der Waals surface area (Å²) in [5.74, 6) is -4.14. The normalized spacial score (nSPS) is 20.0. The number of amides is 1. The smallest absolute Gasteiger partial charge is 0.334 e. The summed E-state index contributed by atoms with van der Waals surface area (Å²) in [6, 6.07) is 4.73. The van der Waals surface area contributed by atoms with Crippen LogP contribution in [0, 0.1) is 5.41 Å². The second kappa shape index (κ2) is 16.2. The molecule has 3 N–H and O–H groups in total. The molecule has 1 saturated carbocycles. The average molecular weight is 719 g/mol. The number of benzene rings is 1. The molecule has 13 heteroatoms. The van der Waals surface area contributed by atoms with Crippen molar-refractivity contribution in [2.75, 3.05) is 52.4 Å². The summed E-state index contributed by atoms with van der Waals surface area (Å²) in [6.45, 7) is 11.2. The molecule has 0 spiro atoms. The molecule has 5 rings (SSSR count). The van der Waals surface area contributed by atoms with E-state index in [2.05, 4.69) is 33.9 Å². The lowest BCUT2D eigenvalue weighted by Crippen LogP contribution is -2.53. The van der Waals surface area contributed by atoms with Gasteiger partial charge in [-0.15, -0.1) is 11.3 Å². The van der Waals surface area contributed by atoms with Gasteiger partial charge in [0.15, 0.2) is 0 Å². The Kier molecular flexibility index (Phi) is 12.2. The minimum Gasteiger partial charge on any atom is -0.478 e. The Morgan fingerprint density at radius 3 is 2.17 bits per heavy atom. The van der Waals surface area contributed by atoms with Gasteiger partial charge in [-0.1, -0.05) is 56.0 Å². The molecule has 48 heavy (non-hydrogen) atoms. The first-order valence-corrected chi connectivity index (χ1v) is 18.4. The zero-order valence-electron chi connectivity index (χ0n) is 27.6. The zero-order chi connectivity index (χ0) is 34.4. The first kappa shape index (κ1) is 36.3. The van der Waals surface area contributed by atoms with E-state index in [0.29, 0.717) is 25.2 Å². The van der Waals surface area contributed by atoms with Gasteiger partial charge in [0.2, 0.25) is 5.91 Å². The molecule has 0 bridgehead atoms. The number of halogens is 2. The number of thiazole rings is 1. The Morgan fingerprint density at radius 1 is 0.979 bits per heavy atom. The standard InChI is InChI=1S/C35H45Cl2N5O5S/c1-3-40(4-2)21-35(12-5-6-13-35)22-41-15-17-42(18-16-41)28(43)20-26-31(34(46)47)32(29-23(36)8-7-9-24(29)37)30(33(44)45)25(39-26)10-11-27-38-14-19-48-27/h7-9,14,19,32,39H,3-6,10-13,15-18,20-22H2,1-2H3,(H,44,45)(H,46,47). The minimum absolute atomic E-state index is 0.147. The number of aryl methyl sites for hydroxylation is 1. The molecular formula is C35H45Cl2N5O5S. The quantitative estimate of drug-likeness (QED) is 0.220. The molecule has 3 heterocycles. The number of hydrogen-bond donors (Lipinski definition) is 3. The maximum absolute atomic E-state index is 13.9. The van der Waals surface area contributed by atoms with Crippen LogP contribution in [0.4, 0.5) is 0 Å². The van der Waals surface area contributed by atoms with Crippen molar-refractivity contribution < 1.29 is 24.6 Å². The summed E-state index contributed by atoms with van der Waals surface area (Å²) in [5.41, 5.74) is 0.531. The van der Waals surface area contributed by atoms with E-state index in [1.54, 1.807) is 29.3 Å². The van der Waals surface area contributed by atoms with Crippen LogP contribution in [0.5, 0.6) is 0 Å². The Labute approximate surface area is 296 Å². The van der Waals surface area contributed by atoms with Crippen LogP contribution in [0.2, 0.25) is 10.0 Å². The van der Waals surface area contributed by atoms with E-state index in [9.17, 15) is 24.6 Å². The van der Waals surface area contributed by atoms with Crippen LogP contribution in [-0.4, -0.2) is 100 Å². The molecule has 1 atom stereocenters. The van der Waals surface area contributed by atoms with Crippen LogP contribution in [0.3, 0.4) is 0 Å². The summed E-state index contributed by atoms with van der Waals surface area (Å²) < 4.78 is 0. The monoisotopic (exact) mass is 717 g/mol. The van der Waals surface area contributed by atoms with E-state index in [-0.39, 0.29) is 56.6 Å². The Morgan fingerprint density at radius 2 is 1.60 bits per heavy atom. The molecule has 1 aromatic heterocycles. The fourth-order valence-electron chi connectivity index (χ4n) is 7.64. The van der Waals surface area contributed by atoms with Crippen molar-refractivity contribution in [1.29, 1.82) is 0 Å². The minimum atomic E-state index is -1.34. The van der Waals surface area contributed by atoms with Crippen LogP contribution < -0.4 is 5.32 Å². The van der Waals surface area contributed by atoms with Crippen molar-refractivity contribution >= 4 is 52.4 Å². The third kappa shape index (κ3) is 8.25. The second-order valence-electron chi connectivity index (χ2n) is 13.0. The SMILES string of the molecule is CCN(CC)CC1(CN2CCN(C(=O)CC3=C(C(=O)O)C(c4c(Cl)cccc4Cl)C(C(=O)O)=C(CCc4nccs4)N3)CC2)CCCC1. The molecule has 10 nitrogen and oxygen atoms in total. The van der Waals surface area contributed by atoms with Gasteiger partial charge in [-0.05, 0) is 49.9 Å². The molecule has 3 aliphatic rings. The van der Waals surface area contributed by atoms with Gasteiger partial charge >= 0.3 is 11.9 Å². The fraction of sp³-hybridized carbons (Fsp3) is 0.543. The van der Waals surface area contributed by atoms with Crippen molar-refractivity contribution in [2.45, 2.75) is 64.7 Å². The molecule has 1 aromatic carbocycles. The summed E-state index contributed by atoms with van der Waals surface area (Å²) >= 11 is 14.6. The molecule has 2 aliphatic heterocycles. The van der Waals surface area contributed by atoms with Crippen molar-refractivity contribution in [1.82, 2.24) is 25.0 Å². The van der Waals surface area contributed by atoms with Gasteiger partial charge in [-0.3, -0.25) is 9.69 Å². The van der Waals surface area contributed by atoms with E-state index in [1.807, 2.05) is 5.38 Å². The van der Waals surface area contributed by atoms with Crippen LogP contribution in [0.15, 0.2) is 52.3 Å². The summed E-state index contributed by atoms with van der Waals surface area (Å²) in [4.78, 5) is 50.8. The zero-order valence-corrected chi connectivity index (χ0v) is 30.0. The number of piperazine rings is 1. The van der Waals surface area contributed by atoms with E-state index in [1.165, 1.54) is 37.0 Å². The van der Waals surface area contributed by atoms with Gasteiger partial charge in [0.05, 0.1) is 28.5 Å². The van der Waals surface area contributed by atoms with E-state index in [4.69, 9.17) is 23.2 Å². The number of carbonyl (C=O) groups excluding carboxylic acids is 1. The highest BCUT2D eigenvalue weighted by molar-refractivity contribution is 7.09. The van der Waals surface area contributed by atoms with Crippen molar-refractivity contribution in [3.8, 4) is 0 Å².